The molecule has 0 spiro atoms. The van der Waals surface area contributed by atoms with Gasteiger partial charge < -0.3 is 4.74 Å². The normalized spacial score (nSPS) is 11.2. The maximum Gasteiger partial charge on any atom is 0.118 e. The van der Waals surface area contributed by atoms with Gasteiger partial charge in [0.1, 0.15) is 5.75 Å². The van der Waals surface area contributed by atoms with Crippen LogP contribution in [-0.2, 0) is 0 Å². The number of aromatic nitrogens is 2. The Bertz CT molecular complexity index is 1290. The zero-order valence-corrected chi connectivity index (χ0v) is 16.0. The number of benzene rings is 3. The van der Waals surface area contributed by atoms with Crippen LogP contribution in [0, 0.1) is 0 Å². The molecule has 0 aliphatic heterocycles. The SMILES string of the molecule is COc1ccc(-c2cc3c4ccccc4cc(-c4ccc(Cl)cc4)n3n2)cc1. The van der Waals surface area contributed by atoms with Gasteiger partial charge in [0.15, 0.2) is 0 Å². The van der Waals surface area contributed by atoms with E-state index >= 15 is 0 Å². The number of fused-ring (bicyclic) bond motifs is 3. The molecule has 0 aliphatic carbocycles. The standard InChI is InChI=1S/C24H17ClN2O/c1-28-20-12-8-16(9-13-20)22-15-24-21-5-3-2-4-18(21)14-23(27(24)26-22)17-6-10-19(25)11-7-17/h2-15H,1H3. The Hall–Kier alpha value is -3.30. The quantitative estimate of drug-likeness (QED) is 0.355. The zero-order valence-electron chi connectivity index (χ0n) is 15.3. The second-order valence-corrected chi connectivity index (χ2v) is 7.12. The first-order valence-corrected chi connectivity index (χ1v) is 9.42. The van der Waals surface area contributed by atoms with Gasteiger partial charge in [-0.05, 0) is 53.9 Å². The maximum atomic E-state index is 6.09. The van der Waals surface area contributed by atoms with Crippen LogP contribution >= 0.6 is 11.6 Å². The van der Waals surface area contributed by atoms with Crippen molar-refractivity contribution in [2.75, 3.05) is 7.11 Å². The smallest absolute Gasteiger partial charge is 0.118 e. The van der Waals surface area contributed by atoms with Crippen molar-refractivity contribution in [1.82, 2.24) is 9.61 Å². The molecule has 28 heavy (non-hydrogen) atoms. The van der Waals surface area contributed by atoms with Gasteiger partial charge in [0.25, 0.3) is 0 Å². The van der Waals surface area contributed by atoms with E-state index in [-0.39, 0.29) is 0 Å². The first-order valence-electron chi connectivity index (χ1n) is 9.05. The summed E-state index contributed by atoms with van der Waals surface area (Å²) in [6, 6.07) is 28.6. The number of methoxy groups -OCH3 is 1. The minimum atomic E-state index is 0.722. The van der Waals surface area contributed by atoms with Crippen molar-refractivity contribution in [3.8, 4) is 28.3 Å². The van der Waals surface area contributed by atoms with Crippen molar-refractivity contribution in [2.24, 2.45) is 0 Å². The lowest BCUT2D eigenvalue weighted by atomic mass is 10.1. The van der Waals surface area contributed by atoms with Crippen LogP contribution in [-0.4, -0.2) is 16.7 Å². The highest BCUT2D eigenvalue weighted by Crippen LogP contribution is 2.32. The summed E-state index contributed by atoms with van der Waals surface area (Å²) in [5, 5.41) is 8.01. The molecule has 0 saturated carbocycles. The van der Waals surface area contributed by atoms with Crippen molar-refractivity contribution in [3.05, 3.63) is 90.0 Å². The highest BCUT2D eigenvalue weighted by atomic mass is 35.5. The molecule has 4 heteroatoms. The number of ether oxygens (including phenoxy) is 1. The van der Waals surface area contributed by atoms with Crippen molar-refractivity contribution >= 4 is 27.9 Å². The monoisotopic (exact) mass is 384 g/mol. The van der Waals surface area contributed by atoms with Crippen molar-refractivity contribution in [1.29, 1.82) is 0 Å². The van der Waals surface area contributed by atoms with Gasteiger partial charge in [-0.1, -0.05) is 48.0 Å². The van der Waals surface area contributed by atoms with Gasteiger partial charge in [0.05, 0.1) is 24.0 Å². The fourth-order valence-electron chi connectivity index (χ4n) is 3.55. The van der Waals surface area contributed by atoms with E-state index in [0.29, 0.717) is 0 Å². The Labute approximate surface area is 167 Å². The van der Waals surface area contributed by atoms with Gasteiger partial charge in [-0.15, -0.1) is 0 Å². The predicted molar refractivity (Wildman–Crippen MR) is 115 cm³/mol. The van der Waals surface area contributed by atoms with Gasteiger partial charge in [0.2, 0.25) is 0 Å². The average molecular weight is 385 g/mol. The third kappa shape index (κ3) is 2.81. The van der Waals surface area contributed by atoms with Gasteiger partial charge in [0, 0.05) is 21.5 Å². The number of pyridine rings is 1. The number of nitrogens with zero attached hydrogens (tertiary/aromatic N) is 2. The molecular weight excluding hydrogens is 368 g/mol. The lowest BCUT2D eigenvalue weighted by Crippen LogP contribution is -1.95. The van der Waals surface area contributed by atoms with E-state index in [9.17, 15) is 0 Å². The molecule has 136 valence electrons. The van der Waals surface area contributed by atoms with E-state index in [4.69, 9.17) is 21.4 Å². The molecule has 0 atom stereocenters. The van der Waals surface area contributed by atoms with Crippen LogP contribution < -0.4 is 4.74 Å². The Morgan fingerprint density at radius 3 is 2.29 bits per heavy atom. The summed E-state index contributed by atoms with van der Waals surface area (Å²) < 4.78 is 7.29. The molecule has 0 bridgehead atoms. The molecule has 0 aliphatic rings. The van der Waals surface area contributed by atoms with Crippen molar-refractivity contribution in [2.45, 2.75) is 0 Å². The van der Waals surface area contributed by atoms with Crippen LogP contribution in [0.3, 0.4) is 0 Å². The Morgan fingerprint density at radius 2 is 1.54 bits per heavy atom. The first-order chi connectivity index (χ1) is 13.7. The predicted octanol–water partition coefficient (Wildman–Crippen LogP) is 6.48. The van der Waals surface area contributed by atoms with E-state index in [0.717, 1.165) is 38.8 Å². The Kier molecular flexibility index (Phi) is 4.03. The second-order valence-electron chi connectivity index (χ2n) is 6.68. The summed E-state index contributed by atoms with van der Waals surface area (Å²) in [6.45, 7) is 0. The van der Waals surface area contributed by atoms with Gasteiger partial charge in [-0.2, -0.15) is 5.10 Å². The summed E-state index contributed by atoms with van der Waals surface area (Å²) in [4.78, 5) is 0. The van der Waals surface area contributed by atoms with Gasteiger partial charge in [-0.3, -0.25) is 0 Å². The first kappa shape index (κ1) is 16.8. The van der Waals surface area contributed by atoms with E-state index in [1.165, 1.54) is 10.8 Å². The highest BCUT2D eigenvalue weighted by Gasteiger charge is 2.13. The minimum Gasteiger partial charge on any atom is -0.497 e. The van der Waals surface area contributed by atoms with Crippen LogP contribution in [0.25, 0.3) is 38.8 Å². The second kappa shape index (κ2) is 6.70. The van der Waals surface area contributed by atoms with E-state index in [2.05, 4.69) is 36.4 Å². The largest absolute Gasteiger partial charge is 0.497 e. The van der Waals surface area contributed by atoms with Gasteiger partial charge >= 0.3 is 0 Å². The molecule has 0 amide bonds. The topological polar surface area (TPSA) is 26.5 Å². The van der Waals surface area contributed by atoms with Crippen LogP contribution in [0.1, 0.15) is 0 Å². The summed E-state index contributed by atoms with van der Waals surface area (Å²) >= 11 is 6.09. The van der Waals surface area contributed by atoms with E-state index in [1.54, 1.807) is 7.11 Å². The molecule has 0 unspecified atom stereocenters. The van der Waals surface area contributed by atoms with E-state index in [1.807, 2.05) is 53.0 Å². The average Bonchev–Trinajstić information content (AvgIpc) is 3.20. The molecule has 5 aromatic rings. The maximum absolute atomic E-state index is 6.09. The lowest BCUT2D eigenvalue weighted by molar-refractivity contribution is 0.415. The summed E-state index contributed by atoms with van der Waals surface area (Å²) in [6.07, 6.45) is 0. The molecule has 5 rings (SSSR count). The van der Waals surface area contributed by atoms with Crippen molar-refractivity contribution < 1.29 is 4.74 Å². The Balaban J connectivity index is 1.78. The van der Waals surface area contributed by atoms with Gasteiger partial charge in [-0.25, -0.2) is 4.52 Å². The molecule has 0 saturated heterocycles. The number of halogens is 1. The molecule has 0 fully saturated rings. The van der Waals surface area contributed by atoms with E-state index < -0.39 is 0 Å². The number of hydrogen-bond acceptors (Lipinski definition) is 2. The van der Waals surface area contributed by atoms with Crippen LogP contribution in [0.4, 0.5) is 0 Å². The van der Waals surface area contributed by atoms with Crippen molar-refractivity contribution in [3.63, 3.8) is 0 Å². The summed E-state index contributed by atoms with van der Waals surface area (Å²) in [5.41, 5.74) is 5.16. The molecule has 0 radical (unpaired) electrons. The summed E-state index contributed by atoms with van der Waals surface area (Å²) in [7, 11) is 1.67. The fraction of sp³-hybridized carbons (Fsp3) is 0.0417. The lowest BCUT2D eigenvalue weighted by Gasteiger charge is -2.09. The summed E-state index contributed by atoms with van der Waals surface area (Å²) in [5.74, 6) is 0.833. The van der Waals surface area contributed by atoms with Crippen LogP contribution in [0.5, 0.6) is 5.75 Å². The number of rotatable bonds is 3. The molecule has 0 N–H and O–H groups in total. The molecular formula is C24H17ClN2O. The molecule has 2 aromatic heterocycles. The third-order valence-corrected chi connectivity index (χ3v) is 5.24. The molecule has 3 aromatic carbocycles. The van der Waals surface area contributed by atoms with Crippen LogP contribution in [0.15, 0.2) is 84.9 Å². The minimum absolute atomic E-state index is 0.722. The molecule has 3 nitrogen and oxygen atoms in total. The Morgan fingerprint density at radius 1 is 0.821 bits per heavy atom. The zero-order chi connectivity index (χ0) is 19.1. The third-order valence-electron chi connectivity index (χ3n) is 4.99. The molecule has 2 heterocycles. The number of hydrogen-bond donors (Lipinski definition) is 0. The fourth-order valence-corrected chi connectivity index (χ4v) is 3.68. The highest BCUT2D eigenvalue weighted by molar-refractivity contribution is 6.30. The van der Waals surface area contributed by atoms with Crippen LogP contribution in [0.2, 0.25) is 5.02 Å².